The number of oxazole rings is 1. The molecule has 0 radical (unpaired) electrons. The van der Waals surface area contributed by atoms with Gasteiger partial charge in [0.05, 0.1) is 5.52 Å². The third kappa shape index (κ3) is 4.14. The molecule has 0 spiro atoms. The number of rotatable bonds is 6. The van der Waals surface area contributed by atoms with Crippen molar-refractivity contribution in [2.45, 2.75) is 37.6 Å². The van der Waals surface area contributed by atoms with Gasteiger partial charge in [-0.05, 0) is 68.5 Å². The molecule has 1 N–H and O–H groups in total. The summed E-state index contributed by atoms with van der Waals surface area (Å²) in [5.41, 5.74) is 4.02. The molecule has 0 saturated heterocycles. The van der Waals surface area contributed by atoms with Gasteiger partial charge in [-0.25, -0.2) is 4.79 Å². The fourth-order valence-corrected chi connectivity index (χ4v) is 4.37. The van der Waals surface area contributed by atoms with Gasteiger partial charge in [-0.15, -0.1) is 0 Å². The second kappa shape index (κ2) is 8.23. The third-order valence-corrected chi connectivity index (χ3v) is 6.22. The molecule has 1 fully saturated rings. The zero-order chi connectivity index (χ0) is 19.5. The molecule has 2 aromatic carbocycles. The van der Waals surface area contributed by atoms with E-state index in [-0.39, 0.29) is 5.76 Å². The molecular weight excluding hydrogens is 350 g/mol. The van der Waals surface area contributed by atoms with Crippen LogP contribution in [0.1, 0.15) is 37.2 Å². The number of benzene rings is 2. The van der Waals surface area contributed by atoms with Crippen molar-refractivity contribution in [3.05, 3.63) is 64.6 Å². The number of likely N-dealkylation sites (N-methyl/N-ethyl adjacent to an activating group) is 2. The number of fused-ring (bicyclic) bond motifs is 1. The first-order chi connectivity index (χ1) is 13.6. The zero-order valence-corrected chi connectivity index (χ0v) is 16.7. The minimum absolute atomic E-state index is 0.377. The quantitative estimate of drug-likeness (QED) is 0.697. The number of nitrogens with one attached hydrogen (secondary N) is 1. The van der Waals surface area contributed by atoms with E-state index in [1.54, 1.807) is 0 Å². The van der Waals surface area contributed by atoms with E-state index < -0.39 is 0 Å². The van der Waals surface area contributed by atoms with Crippen LogP contribution in [0.25, 0.3) is 11.1 Å². The summed E-state index contributed by atoms with van der Waals surface area (Å²) in [6, 6.07) is 17.3. The first kappa shape index (κ1) is 18.8. The summed E-state index contributed by atoms with van der Waals surface area (Å²) in [5.74, 6) is 0.180. The number of aromatic nitrogens is 1. The molecule has 4 rings (SSSR count). The predicted molar refractivity (Wildman–Crippen MR) is 114 cm³/mol. The van der Waals surface area contributed by atoms with Gasteiger partial charge in [0.2, 0.25) is 0 Å². The van der Waals surface area contributed by atoms with Crippen molar-refractivity contribution >= 4 is 16.8 Å². The first-order valence-electron chi connectivity index (χ1n) is 10.2. The Morgan fingerprint density at radius 1 is 1.00 bits per heavy atom. The Kier molecular flexibility index (Phi) is 5.53. The largest absolute Gasteiger partial charge is 0.417 e. The lowest BCUT2D eigenvalue weighted by Gasteiger charge is -2.35. The lowest BCUT2D eigenvalue weighted by molar-refractivity contribution is 0.186. The van der Waals surface area contributed by atoms with Gasteiger partial charge < -0.3 is 14.2 Å². The van der Waals surface area contributed by atoms with E-state index in [4.69, 9.17) is 4.42 Å². The molecule has 0 aliphatic heterocycles. The van der Waals surface area contributed by atoms with Crippen LogP contribution in [0.3, 0.4) is 0 Å². The van der Waals surface area contributed by atoms with Crippen LogP contribution in [-0.2, 0) is 0 Å². The van der Waals surface area contributed by atoms with Crippen molar-refractivity contribution in [3.63, 3.8) is 0 Å². The van der Waals surface area contributed by atoms with Crippen LogP contribution in [-0.4, -0.2) is 43.1 Å². The molecular formula is C23H29N3O2. The molecule has 28 heavy (non-hydrogen) atoms. The Morgan fingerprint density at radius 2 is 1.75 bits per heavy atom. The highest BCUT2D eigenvalue weighted by Gasteiger charge is 2.25. The van der Waals surface area contributed by atoms with Gasteiger partial charge in [0.1, 0.15) is 0 Å². The van der Waals surface area contributed by atoms with E-state index in [2.05, 4.69) is 65.3 Å². The SMILES string of the molecule is CN(CCN(C)[C@H]1CC[C@H](c2ccc3[nH]c(=O)oc3c2)CC1)c1ccccc1. The van der Waals surface area contributed by atoms with Crippen LogP contribution in [0.15, 0.2) is 57.7 Å². The molecule has 1 heterocycles. The smallest absolute Gasteiger partial charge is 0.408 e. The summed E-state index contributed by atoms with van der Waals surface area (Å²) in [6.45, 7) is 2.10. The minimum atomic E-state index is -0.377. The Labute approximate surface area is 166 Å². The number of nitrogens with zero attached hydrogens (tertiary/aromatic N) is 2. The highest BCUT2D eigenvalue weighted by Crippen LogP contribution is 2.35. The monoisotopic (exact) mass is 379 g/mol. The van der Waals surface area contributed by atoms with Crippen molar-refractivity contribution in [3.8, 4) is 0 Å². The van der Waals surface area contributed by atoms with Gasteiger partial charge in [0, 0.05) is 31.9 Å². The van der Waals surface area contributed by atoms with Gasteiger partial charge in [-0.2, -0.15) is 0 Å². The summed E-state index contributed by atoms with van der Waals surface area (Å²) in [4.78, 5) is 18.9. The van der Waals surface area contributed by atoms with E-state index in [0.29, 0.717) is 17.5 Å². The number of para-hydroxylation sites is 1. The maximum atomic E-state index is 11.4. The highest BCUT2D eigenvalue weighted by molar-refractivity contribution is 5.72. The van der Waals surface area contributed by atoms with E-state index in [9.17, 15) is 4.79 Å². The molecule has 3 aromatic rings. The van der Waals surface area contributed by atoms with Crippen LogP contribution in [0.2, 0.25) is 0 Å². The summed E-state index contributed by atoms with van der Waals surface area (Å²) in [6.07, 6.45) is 4.80. The Morgan fingerprint density at radius 3 is 2.50 bits per heavy atom. The molecule has 1 aliphatic carbocycles. The van der Waals surface area contributed by atoms with E-state index >= 15 is 0 Å². The van der Waals surface area contributed by atoms with Crippen molar-refractivity contribution in [2.75, 3.05) is 32.1 Å². The molecule has 1 saturated carbocycles. The topological polar surface area (TPSA) is 52.5 Å². The van der Waals surface area contributed by atoms with Crippen LogP contribution >= 0.6 is 0 Å². The van der Waals surface area contributed by atoms with Crippen LogP contribution in [0, 0.1) is 0 Å². The standard InChI is InChI=1S/C23H29N3O2/c1-25(19-6-4-3-5-7-19)14-15-26(2)20-11-8-17(9-12-20)18-10-13-21-22(16-18)28-23(27)24-21/h3-7,10,13,16-17,20H,8-9,11-12,14-15H2,1-2H3,(H,24,27)/t17-,20-. The average molecular weight is 380 g/mol. The number of hydrogen-bond acceptors (Lipinski definition) is 4. The lowest BCUT2D eigenvalue weighted by atomic mass is 9.81. The molecule has 0 unspecified atom stereocenters. The second-order valence-corrected chi connectivity index (χ2v) is 8.01. The Bertz CT molecular complexity index is 955. The maximum absolute atomic E-state index is 11.4. The summed E-state index contributed by atoms with van der Waals surface area (Å²) < 4.78 is 5.23. The Hall–Kier alpha value is -2.53. The van der Waals surface area contributed by atoms with E-state index in [1.807, 2.05) is 12.1 Å². The van der Waals surface area contributed by atoms with Crippen molar-refractivity contribution in [2.24, 2.45) is 0 Å². The molecule has 148 valence electrons. The lowest BCUT2D eigenvalue weighted by Crippen LogP contribution is -2.39. The third-order valence-electron chi connectivity index (χ3n) is 6.22. The number of H-pyrrole nitrogens is 1. The zero-order valence-electron chi connectivity index (χ0n) is 16.7. The van der Waals surface area contributed by atoms with Gasteiger partial charge in [0.15, 0.2) is 5.58 Å². The van der Waals surface area contributed by atoms with Crippen LogP contribution in [0.4, 0.5) is 5.69 Å². The predicted octanol–water partition coefficient (Wildman–Crippen LogP) is 4.22. The fourth-order valence-electron chi connectivity index (χ4n) is 4.37. The Balaban J connectivity index is 1.29. The number of aromatic amines is 1. The molecule has 1 aromatic heterocycles. The fraction of sp³-hybridized carbons (Fsp3) is 0.435. The molecule has 0 bridgehead atoms. The van der Waals surface area contributed by atoms with E-state index in [1.165, 1.54) is 36.9 Å². The molecule has 5 heteroatoms. The van der Waals surface area contributed by atoms with Gasteiger partial charge >= 0.3 is 5.76 Å². The molecule has 5 nitrogen and oxygen atoms in total. The van der Waals surface area contributed by atoms with Crippen molar-refractivity contribution < 1.29 is 4.42 Å². The summed E-state index contributed by atoms with van der Waals surface area (Å²) in [5, 5.41) is 0. The van der Waals surface area contributed by atoms with E-state index in [0.717, 1.165) is 18.6 Å². The first-order valence-corrected chi connectivity index (χ1v) is 10.2. The molecule has 0 atom stereocenters. The number of anilines is 1. The summed E-state index contributed by atoms with van der Waals surface area (Å²) >= 11 is 0. The number of hydrogen-bond donors (Lipinski definition) is 1. The second-order valence-electron chi connectivity index (χ2n) is 8.01. The van der Waals surface area contributed by atoms with Crippen LogP contribution in [0.5, 0.6) is 0 Å². The highest BCUT2D eigenvalue weighted by atomic mass is 16.4. The van der Waals surface area contributed by atoms with Gasteiger partial charge in [-0.3, -0.25) is 4.98 Å². The minimum Gasteiger partial charge on any atom is -0.408 e. The van der Waals surface area contributed by atoms with Gasteiger partial charge in [0.25, 0.3) is 0 Å². The molecule has 0 amide bonds. The average Bonchev–Trinajstić information content (AvgIpc) is 3.11. The van der Waals surface area contributed by atoms with Crippen molar-refractivity contribution in [1.82, 2.24) is 9.88 Å². The summed E-state index contributed by atoms with van der Waals surface area (Å²) in [7, 11) is 4.42. The maximum Gasteiger partial charge on any atom is 0.417 e. The van der Waals surface area contributed by atoms with Crippen molar-refractivity contribution in [1.29, 1.82) is 0 Å². The normalized spacial score (nSPS) is 20.0. The van der Waals surface area contributed by atoms with Crippen LogP contribution < -0.4 is 10.7 Å². The molecule has 1 aliphatic rings. The van der Waals surface area contributed by atoms with Gasteiger partial charge in [-0.1, -0.05) is 24.3 Å².